The lowest BCUT2D eigenvalue weighted by Crippen LogP contribution is -2.50. The number of hydrogen-bond acceptors (Lipinski definition) is 8. The maximum absolute atomic E-state index is 13.4. The van der Waals surface area contributed by atoms with E-state index < -0.39 is 22.1 Å². The summed E-state index contributed by atoms with van der Waals surface area (Å²) in [5.41, 5.74) is 1.29. The molecule has 4 rings (SSSR count). The highest BCUT2D eigenvalue weighted by atomic mass is 32.2. The Morgan fingerprint density at radius 3 is 2.16 bits per heavy atom. The van der Waals surface area contributed by atoms with Gasteiger partial charge in [0.25, 0.3) is 5.91 Å². The molecule has 2 aromatic rings. The van der Waals surface area contributed by atoms with Gasteiger partial charge in [-0.05, 0) is 24.7 Å². The van der Waals surface area contributed by atoms with Crippen molar-refractivity contribution in [2.45, 2.75) is 24.8 Å². The van der Waals surface area contributed by atoms with Crippen molar-refractivity contribution in [1.82, 2.24) is 14.1 Å². The van der Waals surface area contributed by atoms with Crippen LogP contribution in [0.2, 0.25) is 0 Å². The Morgan fingerprint density at radius 1 is 0.921 bits per heavy atom. The van der Waals surface area contributed by atoms with E-state index in [1.54, 1.807) is 58.8 Å². The zero-order valence-corrected chi connectivity index (χ0v) is 23.0. The van der Waals surface area contributed by atoms with Crippen LogP contribution in [0.25, 0.3) is 0 Å². The summed E-state index contributed by atoms with van der Waals surface area (Å²) >= 11 is 0. The number of benzene rings is 2. The first kappa shape index (κ1) is 27.9. The highest BCUT2D eigenvalue weighted by molar-refractivity contribution is 7.89. The van der Waals surface area contributed by atoms with Crippen molar-refractivity contribution in [3.8, 4) is 5.75 Å². The first-order chi connectivity index (χ1) is 18.2. The number of carbonyl (C=O) groups excluding carboxylic acids is 2. The molecule has 11 heteroatoms. The monoisotopic (exact) mass is 544 g/mol. The van der Waals surface area contributed by atoms with Gasteiger partial charge in [0.05, 0.1) is 17.7 Å². The number of carbonyl (C=O) groups is 2. The highest BCUT2D eigenvalue weighted by Gasteiger charge is 2.33. The van der Waals surface area contributed by atoms with Gasteiger partial charge >= 0.3 is 5.97 Å². The van der Waals surface area contributed by atoms with E-state index in [1.165, 1.54) is 6.92 Å². The van der Waals surface area contributed by atoms with Gasteiger partial charge in [-0.1, -0.05) is 37.3 Å². The predicted octanol–water partition coefficient (Wildman–Crippen LogP) is 1.97. The summed E-state index contributed by atoms with van der Waals surface area (Å²) in [5.74, 6) is -0.230. The van der Waals surface area contributed by atoms with Crippen LogP contribution in [0.4, 0.5) is 5.69 Å². The van der Waals surface area contributed by atoms with Crippen LogP contribution in [0, 0.1) is 0 Å². The summed E-state index contributed by atoms with van der Waals surface area (Å²) in [6.07, 6.45) is -1.00. The number of piperazine rings is 2. The molecule has 206 valence electrons. The molecule has 0 saturated carbocycles. The molecule has 0 spiro atoms. The third kappa shape index (κ3) is 6.11. The number of ether oxygens (including phenoxy) is 2. The van der Waals surface area contributed by atoms with Crippen LogP contribution in [0.15, 0.2) is 53.4 Å². The van der Waals surface area contributed by atoms with E-state index in [2.05, 4.69) is 11.8 Å². The quantitative estimate of drug-likeness (QED) is 0.465. The average Bonchev–Trinajstić information content (AvgIpc) is 2.95. The van der Waals surface area contributed by atoms with Gasteiger partial charge in [0.1, 0.15) is 5.75 Å². The zero-order chi connectivity index (χ0) is 27.3. The Balaban J connectivity index is 1.49. The lowest BCUT2D eigenvalue weighted by atomic mass is 10.1. The predicted molar refractivity (Wildman–Crippen MR) is 144 cm³/mol. The zero-order valence-electron chi connectivity index (χ0n) is 22.2. The second kappa shape index (κ2) is 12.1. The fourth-order valence-electron chi connectivity index (χ4n) is 4.90. The molecule has 2 aliphatic heterocycles. The van der Waals surface area contributed by atoms with Crippen LogP contribution in [-0.2, 0) is 24.3 Å². The minimum atomic E-state index is -3.65. The van der Waals surface area contributed by atoms with Crippen molar-refractivity contribution in [2.75, 3.05) is 70.9 Å². The summed E-state index contributed by atoms with van der Waals surface area (Å²) in [5, 5.41) is 0. The third-order valence-corrected chi connectivity index (χ3v) is 9.00. The summed E-state index contributed by atoms with van der Waals surface area (Å²) in [4.78, 5) is 31.2. The Bertz CT molecular complexity index is 1220. The summed E-state index contributed by atoms with van der Waals surface area (Å²) in [7, 11) is -2.09. The number of likely N-dealkylation sites (N-methyl/N-ethyl adjacent to an activating group) is 1. The summed E-state index contributed by atoms with van der Waals surface area (Å²) < 4.78 is 39.3. The van der Waals surface area contributed by atoms with E-state index in [0.29, 0.717) is 69.4 Å². The minimum Gasteiger partial charge on any atom is -0.495 e. The fraction of sp³-hybridized carbons (Fsp3) is 0.481. The van der Waals surface area contributed by atoms with Crippen LogP contribution in [0.5, 0.6) is 5.75 Å². The van der Waals surface area contributed by atoms with E-state index in [1.807, 2.05) is 11.0 Å². The molecule has 1 atom stereocenters. The van der Waals surface area contributed by atoms with Gasteiger partial charge in [-0.25, -0.2) is 8.42 Å². The van der Waals surface area contributed by atoms with E-state index in [0.717, 1.165) is 6.54 Å². The number of amides is 1. The van der Waals surface area contributed by atoms with E-state index >= 15 is 0 Å². The Hall–Kier alpha value is -3.15. The molecular formula is C27H36N4O6S. The largest absolute Gasteiger partial charge is 0.495 e. The lowest BCUT2D eigenvalue weighted by Gasteiger charge is -2.38. The standard InChI is InChI=1S/C27H36N4O6S/c1-4-28-12-18-31(19-13-28)38(34,35)23-10-11-25(36-3)24(20-23)29-14-16-30(17-15-29)27(33)26(37-21(2)32)22-8-6-5-7-9-22/h5-11,20,26H,4,12-19H2,1-3H3/t26-/m1/s1. The summed E-state index contributed by atoms with van der Waals surface area (Å²) in [6.45, 7) is 8.35. The van der Waals surface area contributed by atoms with Gasteiger partial charge in [-0.3, -0.25) is 9.59 Å². The van der Waals surface area contributed by atoms with Crippen molar-refractivity contribution in [1.29, 1.82) is 0 Å². The number of esters is 1. The van der Waals surface area contributed by atoms with Gasteiger partial charge in [-0.15, -0.1) is 0 Å². The SMILES string of the molecule is CCN1CCN(S(=O)(=O)c2ccc(OC)c(N3CCN(C(=O)[C@H](OC(C)=O)c4ccccc4)CC3)c2)CC1. The number of nitrogens with zero attached hydrogens (tertiary/aromatic N) is 4. The molecule has 1 amide bonds. The van der Waals surface area contributed by atoms with Crippen LogP contribution in [-0.4, -0.2) is 100 Å². The Morgan fingerprint density at radius 2 is 1.58 bits per heavy atom. The third-order valence-electron chi connectivity index (χ3n) is 7.11. The Kier molecular flexibility index (Phi) is 8.91. The normalized spacial score (nSPS) is 18.2. The van der Waals surface area contributed by atoms with Crippen molar-refractivity contribution in [2.24, 2.45) is 0 Å². The smallest absolute Gasteiger partial charge is 0.303 e. The number of sulfonamides is 1. The number of hydrogen-bond donors (Lipinski definition) is 0. The van der Waals surface area contributed by atoms with Crippen molar-refractivity contribution in [3.05, 3.63) is 54.1 Å². The Labute approximate surface area is 224 Å². The van der Waals surface area contributed by atoms with Gasteiger partial charge in [0, 0.05) is 64.8 Å². The number of methoxy groups -OCH3 is 1. The maximum Gasteiger partial charge on any atom is 0.303 e. The molecule has 0 N–H and O–H groups in total. The molecule has 2 aliphatic rings. The first-order valence-corrected chi connectivity index (χ1v) is 14.3. The molecule has 0 aliphatic carbocycles. The molecule has 2 fully saturated rings. The molecule has 10 nitrogen and oxygen atoms in total. The van der Waals surface area contributed by atoms with Gasteiger partial charge in [0.15, 0.2) is 0 Å². The van der Waals surface area contributed by atoms with E-state index in [4.69, 9.17) is 9.47 Å². The molecule has 0 aromatic heterocycles. The molecule has 2 heterocycles. The lowest BCUT2D eigenvalue weighted by molar-refractivity contribution is -0.159. The van der Waals surface area contributed by atoms with E-state index in [-0.39, 0.29) is 10.8 Å². The molecule has 2 saturated heterocycles. The van der Waals surface area contributed by atoms with Crippen molar-refractivity contribution >= 4 is 27.6 Å². The van der Waals surface area contributed by atoms with Crippen LogP contribution in [0.1, 0.15) is 25.5 Å². The summed E-state index contributed by atoms with van der Waals surface area (Å²) in [6, 6.07) is 13.9. The van der Waals surface area contributed by atoms with Crippen molar-refractivity contribution in [3.63, 3.8) is 0 Å². The molecule has 2 aromatic carbocycles. The van der Waals surface area contributed by atoms with Crippen molar-refractivity contribution < 1.29 is 27.5 Å². The molecule has 0 unspecified atom stereocenters. The molecule has 38 heavy (non-hydrogen) atoms. The number of anilines is 1. The second-order valence-corrected chi connectivity index (χ2v) is 11.3. The van der Waals surface area contributed by atoms with Gasteiger partial charge in [0.2, 0.25) is 16.1 Å². The fourth-order valence-corrected chi connectivity index (χ4v) is 6.34. The number of rotatable bonds is 8. The van der Waals surface area contributed by atoms with Gasteiger partial charge < -0.3 is 24.2 Å². The van der Waals surface area contributed by atoms with Crippen LogP contribution < -0.4 is 9.64 Å². The first-order valence-electron chi connectivity index (χ1n) is 12.9. The van der Waals surface area contributed by atoms with E-state index in [9.17, 15) is 18.0 Å². The molecule has 0 radical (unpaired) electrons. The topological polar surface area (TPSA) is 99.7 Å². The maximum atomic E-state index is 13.4. The van der Waals surface area contributed by atoms with Gasteiger partial charge in [-0.2, -0.15) is 4.31 Å². The molecule has 0 bridgehead atoms. The minimum absolute atomic E-state index is 0.232. The second-order valence-electron chi connectivity index (χ2n) is 9.38. The van der Waals surface area contributed by atoms with Crippen LogP contribution in [0.3, 0.4) is 0 Å². The molecular weight excluding hydrogens is 508 g/mol. The van der Waals surface area contributed by atoms with Crippen LogP contribution >= 0.6 is 0 Å². The average molecular weight is 545 g/mol. The highest BCUT2D eigenvalue weighted by Crippen LogP contribution is 2.33.